The average molecular weight is 662 g/mol. The second kappa shape index (κ2) is 37.1. The first-order valence-electron chi connectivity index (χ1n) is 22.5. The molecule has 1 heterocycles. The minimum atomic E-state index is 1.19. The molecule has 1 rings (SSSR count). The van der Waals surface area contributed by atoms with E-state index in [1.54, 1.807) is 0 Å². The quantitative estimate of drug-likeness (QED) is 0.0367. The molecule has 1 aliphatic rings. The third-order valence-electron chi connectivity index (χ3n) is 10.9. The topological polar surface area (TPSA) is 9.49 Å². The van der Waals surface area contributed by atoms with Crippen molar-refractivity contribution >= 4 is 0 Å². The molecule has 282 valence electrons. The van der Waals surface area contributed by atoms with Crippen molar-refractivity contribution in [3.63, 3.8) is 0 Å². The molecule has 0 atom stereocenters. The maximum absolute atomic E-state index is 2.85. The van der Waals surface area contributed by atoms with Crippen molar-refractivity contribution < 1.29 is 0 Å². The molecule has 0 saturated carbocycles. The summed E-state index contributed by atoms with van der Waals surface area (Å²) >= 11 is 0. The van der Waals surface area contributed by atoms with Crippen LogP contribution in [-0.2, 0) is 0 Å². The summed E-state index contributed by atoms with van der Waals surface area (Å²) in [5, 5.41) is 5.38. The van der Waals surface area contributed by atoms with E-state index >= 15 is 0 Å². The Labute approximate surface area is 299 Å². The number of unbranched alkanes of at least 4 members (excludes halogenated alkanes) is 32. The zero-order valence-electron chi connectivity index (χ0n) is 33.3. The summed E-state index contributed by atoms with van der Waals surface area (Å²) < 4.78 is 0. The fourth-order valence-electron chi connectivity index (χ4n) is 7.42. The summed E-state index contributed by atoms with van der Waals surface area (Å²) in [6, 6.07) is 0. The smallest absolute Gasteiger partial charge is 0.0648 e. The maximum atomic E-state index is 2.85. The molecule has 0 unspecified atom stereocenters. The standard InChI is InChI=1S/C44H91N3/c1-4-7-10-13-16-19-22-25-28-31-34-37-40-45(39-36-33-30-27-24-21-18-15-12-9-6-3)44-47(46-42-43-46)41-38-35-32-29-26-23-20-17-14-11-8-5-2/h4-44H2,1-3H3. The van der Waals surface area contributed by atoms with Gasteiger partial charge in [0.1, 0.15) is 0 Å². The van der Waals surface area contributed by atoms with Crippen molar-refractivity contribution in [3.05, 3.63) is 0 Å². The summed E-state index contributed by atoms with van der Waals surface area (Å²) in [6.45, 7) is 14.7. The fraction of sp³-hybridized carbons (Fsp3) is 1.00. The Bertz CT molecular complexity index is 576. The highest BCUT2D eigenvalue weighted by Crippen LogP contribution is 2.18. The van der Waals surface area contributed by atoms with E-state index in [1.807, 2.05) is 0 Å². The molecule has 0 bridgehead atoms. The highest BCUT2D eigenvalue weighted by atomic mass is 15.7. The van der Waals surface area contributed by atoms with Crippen LogP contribution in [0.4, 0.5) is 0 Å². The van der Waals surface area contributed by atoms with Crippen molar-refractivity contribution in [2.24, 2.45) is 0 Å². The van der Waals surface area contributed by atoms with Crippen LogP contribution in [0.2, 0.25) is 0 Å². The van der Waals surface area contributed by atoms with Crippen LogP contribution < -0.4 is 0 Å². The van der Waals surface area contributed by atoms with E-state index in [9.17, 15) is 0 Å². The van der Waals surface area contributed by atoms with Crippen molar-refractivity contribution in [2.75, 3.05) is 39.4 Å². The lowest BCUT2D eigenvalue weighted by Crippen LogP contribution is -2.42. The van der Waals surface area contributed by atoms with Crippen LogP contribution in [0.5, 0.6) is 0 Å². The molecule has 0 aliphatic carbocycles. The SMILES string of the molecule is CCCCCCCCCCCCCCN(CCCCCCCCCCCCC)CN(CCCCCCCCCCCCCC)N1CC1. The van der Waals surface area contributed by atoms with Crippen molar-refractivity contribution in [1.82, 2.24) is 14.9 Å². The van der Waals surface area contributed by atoms with Crippen molar-refractivity contribution in [3.8, 4) is 0 Å². The van der Waals surface area contributed by atoms with Gasteiger partial charge in [-0.25, -0.2) is 10.0 Å². The van der Waals surface area contributed by atoms with Gasteiger partial charge in [0.15, 0.2) is 0 Å². The van der Waals surface area contributed by atoms with E-state index in [-0.39, 0.29) is 0 Å². The molecule has 47 heavy (non-hydrogen) atoms. The van der Waals surface area contributed by atoms with Crippen LogP contribution in [0.15, 0.2) is 0 Å². The minimum Gasteiger partial charge on any atom is -0.289 e. The lowest BCUT2D eigenvalue weighted by Gasteiger charge is -2.31. The number of nitrogens with zero attached hydrogens (tertiary/aromatic N) is 3. The second-order valence-corrected chi connectivity index (χ2v) is 15.8. The van der Waals surface area contributed by atoms with Gasteiger partial charge < -0.3 is 0 Å². The van der Waals surface area contributed by atoms with Gasteiger partial charge in [0.2, 0.25) is 0 Å². The molecule has 3 heteroatoms. The summed E-state index contributed by atoms with van der Waals surface area (Å²) in [5.74, 6) is 0. The zero-order chi connectivity index (χ0) is 33.7. The van der Waals surface area contributed by atoms with Gasteiger partial charge in [0, 0.05) is 19.6 Å². The molecule has 0 spiro atoms. The van der Waals surface area contributed by atoms with Gasteiger partial charge in [-0.05, 0) is 32.4 Å². The van der Waals surface area contributed by atoms with Crippen LogP contribution >= 0.6 is 0 Å². The number of hydrazine groups is 1. The molecule has 1 aliphatic heterocycles. The monoisotopic (exact) mass is 662 g/mol. The number of hydrogen-bond donors (Lipinski definition) is 0. The van der Waals surface area contributed by atoms with E-state index in [1.165, 1.54) is 264 Å². The van der Waals surface area contributed by atoms with Gasteiger partial charge in [-0.3, -0.25) is 4.90 Å². The molecule has 0 amide bonds. The van der Waals surface area contributed by atoms with Gasteiger partial charge >= 0.3 is 0 Å². The van der Waals surface area contributed by atoms with E-state index in [4.69, 9.17) is 0 Å². The molecule has 0 aromatic heterocycles. The zero-order valence-corrected chi connectivity index (χ0v) is 33.3. The molecule has 3 nitrogen and oxygen atoms in total. The van der Waals surface area contributed by atoms with Crippen molar-refractivity contribution in [1.29, 1.82) is 0 Å². The molecule has 0 aromatic rings. The van der Waals surface area contributed by atoms with E-state index in [2.05, 4.69) is 35.7 Å². The summed E-state index contributed by atoms with van der Waals surface area (Å²) in [5.41, 5.74) is 0. The average Bonchev–Trinajstić information content (AvgIpc) is 3.93. The Balaban J connectivity index is 2.25. The van der Waals surface area contributed by atoms with E-state index in [0.717, 1.165) is 0 Å². The highest BCUT2D eigenvalue weighted by molar-refractivity contribution is 4.72. The lowest BCUT2D eigenvalue weighted by molar-refractivity contribution is 0.0156. The molecule has 0 aromatic carbocycles. The largest absolute Gasteiger partial charge is 0.289 e. The Morgan fingerprint density at radius 1 is 0.298 bits per heavy atom. The first-order chi connectivity index (χ1) is 23.3. The minimum absolute atomic E-state index is 1.19. The predicted octanol–water partition coefficient (Wildman–Crippen LogP) is 14.5. The van der Waals surface area contributed by atoms with Gasteiger partial charge in [0.25, 0.3) is 0 Å². The lowest BCUT2D eigenvalue weighted by atomic mass is 10.0. The Hall–Kier alpha value is -0.120. The predicted molar refractivity (Wildman–Crippen MR) is 213 cm³/mol. The molecular weight excluding hydrogens is 571 g/mol. The third-order valence-corrected chi connectivity index (χ3v) is 10.9. The molecule has 0 radical (unpaired) electrons. The van der Waals surface area contributed by atoms with Gasteiger partial charge in [-0.15, -0.1) is 0 Å². The first kappa shape index (κ1) is 44.9. The Morgan fingerprint density at radius 2 is 0.532 bits per heavy atom. The third kappa shape index (κ3) is 32.8. The summed E-state index contributed by atoms with van der Waals surface area (Å²) in [7, 11) is 0. The normalized spacial score (nSPS) is 13.5. The highest BCUT2D eigenvalue weighted by Gasteiger charge is 2.26. The van der Waals surface area contributed by atoms with Crippen molar-refractivity contribution in [2.45, 2.75) is 245 Å². The molecule has 0 N–H and O–H groups in total. The number of rotatable bonds is 41. The fourth-order valence-corrected chi connectivity index (χ4v) is 7.42. The summed E-state index contributed by atoms with van der Waals surface area (Å²) in [4.78, 5) is 2.85. The van der Waals surface area contributed by atoms with Crippen LogP contribution in [0.1, 0.15) is 245 Å². The molecule has 1 fully saturated rings. The van der Waals surface area contributed by atoms with Gasteiger partial charge in [-0.2, -0.15) is 0 Å². The summed E-state index contributed by atoms with van der Waals surface area (Å²) in [6.07, 6.45) is 50.6. The van der Waals surface area contributed by atoms with Crippen LogP contribution in [0, 0.1) is 0 Å². The van der Waals surface area contributed by atoms with E-state index in [0.29, 0.717) is 0 Å². The molecule has 1 saturated heterocycles. The maximum Gasteiger partial charge on any atom is 0.0648 e. The molecular formula is C44H91N3. The number of hydrogen-bond acceptors (Lipinski definition) is 3. The Kier molecular flexibility index (Phi) is 35.5. The second-order valence-electron chi connectivity index (χ2n) is 15.8. The van der Waals surface area contributed by atoms with Gasteiger partial charge in [0.05, 0.1) is 6.67 Å². The van der Waals surface area contributed by atoms with Crippen LogP contribution in [0.3, 0.4) is 0 Å². The Morgan fingerprint density at radius 3 is 0.787 bits per heavy atom. The van der Waals surface area contributed by atoms with Crippen LogP contribution in [-0.4, -0.2) is 54.3 Å². The first-order valence-corrected chi connectivity index (χ1v) is 22.5. The van der Waals surface area contributed by atoms with E-state index < -0.39 is 0 Å². The van der Waals surface area contributed by atoms with Gasteiger partial charge in [-0.1, -0.05) is 226 Å². The van der Waals surface area contributed by atoms with Crippen LogP contribution in [0.25, 0.3) is 0 Å².